The summed E-state index contributed by atoms with van der Waals surface area (Å²) in [6.45, 7) is 7.10. The normalized spacial score (nSPS) is 17.8. The molecule has 174 valence electrons. The summed E-state index contributed by atoms with van der Waals surface area (Å²) >= 11 is 0. The van der Waals surface area contributed by atoms with E-state index in [4.69, 9.17) is 9.47 Å². The number of fused-ring (bicyclic) bond motifs is 1. The van der Waals surface area contributed by atoms with Crippen LogP contribution >= 0.6 is 0 Å². The van der Waals surface area contributed by atoms with E-state index in [0.717, 1.165) is 4.90 Å². The SMILES string of the molecule is CCOC(=O)/C=C/CC[C@@]1(c2ccccc2)C(=O)N(C(=O)OC(C)(C)C)c2ccc(F)cc21. The molecular weight excluding hydrogens is 425 g/mol. The van der Waals surface area contributed by atoms with Gasteiger partial charge in [-0.05, 0) is 69.9 Å². The van der Waals surface area contributed by atoms with Gasteiger partial charge in [-0.3, -0.25) is 4.79 Å². The highest BCUT2D eigenvalue weighted by Gasteiger charge is 2.54. The zero-order chi connectivity index (χ0) is 24.2. The number of carbonyl (C=O) groups is 3. The largest absolute Gasteiger partial charge is 0.463 e. The molecule has 33 heavy (non-hydrogen) atoms. The highest BCUT2D eigenvalue weighted by atomic mass is 19.1. The van der Waals surface area contributed by atoms with Gasteiger partial charge < -0.3 is 9.47 Å². The van der Waals surface area contributed by atoms with Crippen LogP contribution in [0.1, 0.15) is 51.7 Å². The summed E-state index contributed by atoms with van der Waals surface area (Å²) in [5.41, 5.74) is -0.854. The zero-order valence-electron chi connectivity index (χ0n) is 19.3. The fraction of sp³-hybridized carbons (Fsp3) is 0.346. The minimum absolute atomic E-state index is 0.210. The number of hydrogen-bond acceptors (Lipinski definition) is 5. The third kappa shape index (κ3) is 4.97. The van der Waals surface area contributed by atoms with Crippen molar-refractivity contribution < 1.29 is 28.2 Å². The molecular formula is C26H28FNO5. The van der Waals surface area contributed by atoms with Crippen LogP contribution in [0.4, 0.5) is 14.9 Å². The van der Waals surface area contributed by atoms with E-state index in [1.165, 1.54) is 24.3 Å². The van der Waals surface area contributed by atoms with Crippen LogP contribution in [0.15, 0.2) is 60.7 Å². The molecule has 0 bridgehead atoms. The molecule has 7 heteroatoms. The molecule has 2 aromatic rings. The number of esters is 1. The molecule has 0 unspecified atom stereocenters. The van der Waals surface area contributed by atoms with Gasteiger partial charge in [-0.2, -0.15) is 0 Å². The van der Waals surface area contributed by atoms with Gasteiger partial charge in [0.1, 0.15) is 16.8 Å². The van der Waals surface area contributed by atoms with Crippen LogP contribution in [-0.2, 0) is 24.5 Å². The molecule has 1 atom stereocenters. The van der Waals surface area contributed by atoms with Crippen molar-refractivity contribution in [2.24, 2.45) is 0 Å². The second-order valence-electron chi connectivity index (χ2n) is 8.75. The fourth-order valence-corrected chi connectivity index (χ4v) is 4.01. The molecule has 1 aliphatic rings. The van der Waals surface area contributed by atoms with Crippen LogP contribution in [0.3, 0.4) is 0 Å². The highest BCUT2D eigenvalue weighted by molar-refractivity contribution is 6.22. The Kier molecular flexibility index (Phi) is 7.01. The standard InChI is InChI=1S/C26H28FNO5/c1-5-32-22(29)13-9-10-16-26(18-11-7-6-8-12-18)20-17-19(27)14-15-21(20)28(23(26)30)24(31)33-25(2,3)4/h6-9,11-15,17H,5,10,16H2,1-4H3/b13-9+/t26-/m0/s1. The van der Waals surface area contributed by atoms with E-state index < -0.39 is 34.8 Å². The number of hydrogen-bond donors (Lipinski definition) is 0. The molecule has 6 nitrogen and oxygen atoms in total. The third-order valence-corrected chi connectivity index (χ3v) is 5.30. The molecule has 0 radical (unpaired) electrons. The van der Waals surface area contributed by atoms with Gasteiger partial charge in [0.15, 0.2) is 0 Å². The lowest BCUT2D eigenvalue weighted by atomic mass is 9.72. The number of nitrogens with zero attached hydrogens (tertiary/aromatic N) is 1. The number of benzene rings is 2. The number of anilines is 1. The van der Waals surface area contributed by atoms with Gasteiger partial charge in [-0.15, -0.1) is 0 Å². The minimum atomic E-state index is -1.32. The molecule has 0 aromatic heterocycles. The number of rotatable bonds is 6. The summed E-state index contributed by atoms with van der Waals surface area (Å²) in [7, 11) is 0. The maximum Gasteiger partial charge on any atom is 0.421 e. The van der Waals surface area contributed by atoms with Gasteiger partial charge in [-0.25, -0.2) is 18.9 Å². The Morgan fingerprint density at radius 2 is 1.82 bits per heavy atom. The molecule has 0 spiro atoms. The van der Waals surface area contributed by atoms with Gasteiger partial charge in [0.25, 0.3) is 5.91 Å². The van der Waals surface area contributed by atoms with Crippen molar-refractivity contribution in [2.45, 2.75) is 51.6 Å². The van der Waals surface area contributed by atoms with E-state index in [2.05, 4.69) is 0 Å². The Morgan fingerprint density at radius 3 is 2.45 bits per heavy atom. The lowest BCUT2D eigenvalue weighted by molar-refractivity contribution is -0.137. The number of imide groups is 1. The molecule has 0 aliphatic carbocycles. The predicted molar refractivity (Wildman–Crippen MR) is 122 cm³/mol. The smallest absolute Gasteiger partial charge is 0.421 e. The van der Waals surface area contributed by atoms with E-state index in [0.29, 0.717) is 17.5 Å². The Labute approximate surface area is 193 Å². The lowest BCUT2D eigenvalue weighted by Crippen LogP contribution is -2.45. The van der Waals surface area contributed by atoms with Crippen LogP contribution in [0.25, 0.3) is 0 Å². The number of amides is 2. The van der Waals surface area contributed by atoms with Crippen LogP contribution in [0, 0.1) is 5.82 Å². The van der Waals surface area contributed by atoms with Gasteiger partial charge >= 0.3 is 12.1 Å². The van der Waals surface area contributed by atoms with Crippen molar-refractivity contribution >= 4 is 23.7 Å². The first-order chi connectivity index (χ1) is 15.6. The van der Waals surface area contributed by atoms with E-state index in [-0.39, 0.29) is 18.7 Å². The highest BCUT2D eigenvalue weighted by Crippen LogP contribution is 2.49. The first kappa shape index (κ1) is 24.2. The average Bonchev–Trinajstić information content (AvgIpc) is 2.99. The first-order valence-corrected chi connectivity index (χ1v) is 10.9. The van der Waals surface area contributed by atoms with Gasteiger partial charge in [0.2, 0.25) is 0 Å². The molecule has 1 heterocycles. The number of carbonyl (C=O) groups excluding carboxylic acids is 3. The average molecular weight is 454 g/mol. The molecule has 0 saturated carbocycles. The van der Waals surface area contributed by atoms with Crippen molar-refractivity contribution in [3.8, 4) is 0 Å². The van der Waals surface area contributed by atoms with Crippen LogP contribution in [-0.4, -0.2) is 30.2 Å². The minimum Gasteiger partial charge on any atom is -0.463 e. The summed E-state index contributed by atoms with van der Waals surface area (Å²) in [4.78, 5) is 39.6. The quantitative estimate of drug-likeness (QED) is 0.439. The zero-order valence-corrected chi connectivity index (χ0v) is 19.3. The maximum absolute atomic E-state index is 14.4. The summed E-state index contributed by atoms with van der Waals surface area (Å²) in [6.07, 6.45) is 2.63. The summed E-state index contributed by atoms with van der Waals surface area (Å²) < 4.78 is 24.8. The van der Waals surface area contributed by atoms with E-state index in [9.17, 15) is 18.8 Å². The van der Waals surface area contributed by atoms with Gasteiger partial charge in [0.05, 0.1) is 12.3 Å². The molecule has 2 amide bonds. The molecule has 2 aromatic carbocycles. The van der Waals surface area contributed by atoms with Gasteiger partial charge in [0, 0.05) is 6.08 Å². The fourth-order valence-electron chi connectivity index (χ4n) is 4.01. The van der Waals surface area contributed by atoms with Crippen molar-refractivity contribution in [2.75, 3.05) is 11.5 Å². The van der Waals surface area contributed by atoms with Crippen molar-refractivity contribution in [1.29, 1.82) is 0 Å². The van der Waals surface area contributed by atoms with Crippen molar-refractivity contribution in [3.05, 3.63) is 77.6 Å². The second-order valence-corrected chi connectivity index (χ2v) is 8.75. The first-order valence-electron chi connectivity index (χ1n) is 10.9. The molecule has 3 rings (SSSR count). The predicted octanol–water partition coefficient (Wildman–Crippen LogP) is 5.29. The number of ether oxygens (including phenoxy) is 2. The van der Waals surface area contributed by atoms with E-state index >= 15 is 0 Å². The molecule has 0 fully saturated rings. The summed E-state index contributed by atoms with van der Waals surface area (Å²) in [6, 6.07) is 12.9. The molecule has 1 aliphatic heterocycles. The maximum atomic E-state index is 14.4. The Morgan fingerprint density at radius 1 is 1.12 bits per heavy atom. The number of halogens is 1. The third-order valence-electron chi connectivity index (χ3n) is 5.30. The lowest BCUT2D eigenvalue weighted by Gasteiger charge is -2.29. The van der Waals surface area contributed by atoms with E-state index in [1.807, 2.05) is 6.07 Å². The van der Waals surface area contributed by atoms with Crippen LogP contribution in [0.2, 0.25) is 0 Å². The Balaban J connectivity index is 2.10. The van der Waals surface area contributed by atoms with Crippen molar-refractivity contribution in [1.82, 2.24) is 0 Å². The summed E-state index contributed by atoms with van der Waals surface area (Å²) in [5, 5.41) is 0. The van der Waals surface area contributed by atoms with Crippen LogP contribution in [0.5, 0.6) is 0 Å². The Bertz CT molecular complexity index is 1070. The summed E-state index contributed by atoms with van der Waals surface area (Å²) in [5.74, 6) is -1.52. The molecule has 0 N–H and O–H groups in total. The number of allylic oxidation sites excluding steroid dienone is 1. The monoisotopic (exact) mass is 453 g/mol. The van der Waals surface area contributed by atoms with Crippen LogP contribution < -0.4 is 4.90 Å². The molecule has 0 saturated heterocycles. The van der Waals surface area contributed by atoms with E-state index in [1.54, 1.807) is 58.0 Å². The van der Waals surface area contributed by atoms with Crippen molar-refractivity contribution in [3.63, 3.8) is 0 Å². The topological polar surface area (TPSA) is 72.9 Å². The second kappa shape index (κ2) is 9.57. The Hall–Kier alpha value is -3.48. The van der Waals surface area contributed by atoms with Gasteiger partial charge in [-0.1, -0.05) is 36.4 Å².